The van der Waals surface area contributed by atoms with Gasteiger partial charge in [-0.15, -0.1) is 6.42 Å². The van der Waals surface area contributed by atoms with Gasteiger partial charge >= 0.3 is 0 Å². The van der Waals surface area contributed by atoms with Crippen LogP contribution in [0.4, 0.5) is 0 Å². The first-order chi connectivity index (χ1) is 4.74. The highest BCUT2D eigenvalue weighted by Gasteiger charge is 1.98. The van der Waals surface area contributed by atoms with Crippen LogP contribution in [-0.4, -0.2) is 0 Å². The molecule has 0 spiro atoms. The molecule has 2 heteroatoms. The number of pyridine rings is 1. The zero-order chi connectivity index (χ0) is 7.56. The second kappa shape index (κ2) is 2.40. The molecule has 1 aromatic rings. The van der Waals surface area contributed by atoms with Crippen LogP contribution in [0.3, 0.4) is 0 Å². The quantitative estimate of drug-likeness (QED) is 0.289. The molecule has 0 amide bonds. The predicted molar refractivity (Wildman–Crippen MR) is 38.1 cm³/mol. The second-order valence-corrected chi connectivity index (χ2v) is 2.06. The van der Waals surface area contributed by atoms with Gasteiger partial charge in [0.1, 0.15) is 0 Å². The Kier molecular flexibility index (Phi) is 1.59. The maximum absolute atomic E-state index is 10.8. The molecule has 1 aromatic heterocycles. The van der Waals surface area contributed by atoms with E-state index in [2.05, 4.69) is 5.92 Å². The molecule has 1 heterocycles. The lowest BCUT2D eigenvalue weighted by atomic mass is 10.3. The third kappa shape index (κ3) is 1.08. The van der Waals surface area contributed by atoms with Crippen LogP contribution in [-0.2, 0) is 0 Å². The van der Waals surface area contributed by atoms with E-state index < -0.39 is 0 Å². The molecule has 0 aliphatic rings. The van der Waals surface area contributed by atoms with Gasteiger partial charge in [0.2, 0.25) is 0 Å². The molecule has 0 saturated heterocycles. The smallest absolute Gasteiger partial charge is 0.267 e. The Balaban J connectivity index is 3.23. The van der Waals surface area contributed by atoms with Crippen LogP contribution in [0.1, 0.15) is 11.3 Å². The standard InChI is InChI=1S/C8H7NO/c1-3-8-5-4-7(2)6-9(8)10/h1,4-6H,2H3. The number of aryl methyl sites for hydroxylation is 1. The van der Waals surface area contributed by atoms with E-state index in [0.717, 1.165) is 5.56 Å². The van der Waals surface area contributed by atoms with Crippen LogP contribution < -0.4 is 4.73 Å². The van der Waals surface area contributed by atoms with Gasteiger partial charge in [-0.05, 0) is 13.0 Å². The van der Waals surface area contributed by atoms with E-state index in [1.165, 1.54) is 6.20 Å². The van der Waals surface area contributed by atoms with E-state index in [1.807, 2.05) is 13.0 Å². The molecular formula is C8H7NO. The molecule has 0 saturated carbocycles. The van der Waals surface area contributed by atoms with E-state index in [0.29, 0.717) is 10.4 Å². The lowest BCUT2D eigenvalue weighted by molar-refractivity contribution is -0.608. The molecule has 0 unspecified atom stereocenters. The number of terminal acetylenes is 1. The molecule has 10 heavy (non-hydrogen) atoms. The lowest BCUT2D eigenvalue weighted by Gasteiger charge is -1.97. The molecule has 0 aliphatic carbocycles. The summed E-state index contributed by atoms with van der Waals surface area (Å²) in [5.41, 5.74) is 1.26. The largest absolute Gasteiger partial charge is 0.618 e. The maximum atomic E-state index is 10.8. The molecular weight excluding hydrogens is 126 g/mol. The van der Waals surface area contributed by atoms with Crippen LogP contribution in [0, 0.1) is 24.5 Å². The van der Waals surface area contributed by atoms with Gasteiger partial charge in [0.25, 0.3) is 5.69 Å². The lowest BCUT2D eigenvalue weighted by Crippen LogP contribution is -2.29. The zero-order valence-corrected chi connectivity index (χ0v) is 5.66. The van der Waals surface area contributed by atoms with Crippen molar-refractivity contribution < 1.29 is 4.73 Å². The summed E-state index contributed by atoms with van der Waals surface area (Å²) in [4.78, 5) is 0. The van der Waals surface area contributed by atoms with Crippen LogP contribution in [0.2, 0.25) is 0 Å². The number of hydrogen-bond acceptors (Lipinski definition) is 1. The predicted octanol–water partition coefficient (Wildman–Crippen LogP) is 0.610. The molecule has 2 nitrogen and oxygen atoms in total. The molecule has 0 atom stereocenters. The number of hydrogen-bond donors (Lipinski definition) is 0. The number of nitrogens with zero attached hydrogens (tertiary/aromatic N) is 1. The Labute approximate surface area is 59.7 Å². The van der Waals surface area contributed by atoms with Gasteiger partial charge in [0, 0.05) is 17.6 Å². The average Bonchev–Trinajstić information content (AvgIpc) is 1.88. The summed E-state index contributed by atoms with van der Waals surface area (Å²) in [5.74, 6) is 2.27. The Bertz CT molecular complexity index is 286. The first-order valence-corrected chi connectivity index (χ1v) is 2.90. The van der Waals surface area contributed by atoms with Crippen molar-refractivity contribution in [3.8, 4) is 12.3 Å². The Hall–Kier alpha value is -1.49. The van der Waals surface area contributed by atoms with Crippen molar-refractivity contribution in [3.05, 3.63) is 34.8 Å². The zero-order valence-electron chi connectivity index (χ0n) is 5.66. The van der Waals surface area contributed by atoms with Gasteiger partial charge < -0.3 is 5.21 Å². The number of aromatic nitrogens is 1. The summed E-state index contributed by atoms with van der Waals surface area (Å²) < 4.78 is 0.690. The van der Waals surface area contributed by atoms with Crippen molar-refractivity contribution in [2.24, 2.45) is 0 Å². The Morgan fingerprint density at radius 2 is 2.30 bits per heavy atom. The highest BCUT2D eigenvalue weighted by molar-refractivity contribution is 5.21. The highest BCUT2D eigenvalue weighted by Crippen LogP contribution is 1.93. The highest BCUT2D eigenvalue weighted by atomic mass is 16.5. The summed E-state index contributed by atoms with van der Waals surface area (Å²) in [5, 5.41) is 10.8. The van der Waals surface area contributed by atoms with E-state index in [-0.39, 0.29) is 0 Å². The molecule has 0 radical (unpaired) electrons. The molecule has 0 aromatic carbocycles. The number of rotatable bonds is 0. The van der Waals surface area contributed by atoms with Gasteiger partial charge in [-0.3, -0.25) is 0 Å². The summed E-state index contributed by atoms with van der Waals surface area (Å²) in [7, 11) is 0. The molecule has 0 aliphatic heterocycles. The SMILES string of the molecule is C#Cc1ccc(C)c[n+]1[O-]. The van der Waals surface area contributed by atoms with Crippen LogP contribution in [0.5, 0.6) is 0 Å². The fourth-order valence-corrected chi connectivity index (χ4v) is 0.693. The molecule has 50 valence electrons. The van der Waals surface area contributed by atoms with Crippen molar-refractivity contribution in [2.45, 2.75) is 6.92 Å². The average molecular weight is 133 g/mol. The van der Waals surface area contributed by atoms with Crippen molar-refractivity contribution in [3.63, 3.8) is 0 Å². The maximum Gasteiger partial charge on any atom is 0.267 e. The van der Waals surface area contributed by atoms with E-state index in [9.17, 15) is 5.21 Å². The van der Waals surface area contributed by atoms with E-state index in [1.54, 1.807) is 6.07 Å². The molecule has 0 N–H and O–H groups in total. The monoisotopic (exact) mass is 133 g/mol. The fourth-order valence-electron chi connectivity index (χ4n) is 0.693. The first kappa shape index (κ1) is 6.63. The van der Waals surface area contributed by atoms with Crippen LogP contribution in [0.25, 0.3) is 0 Å². The topological polar surface area (TPSA) is 26.9 Å². The normalized spacial score (nSPS) is 8.80. The van der Waals surface area contributed by atoms with Gasteiger partial charge in [-0.2, -0.15) is 4.73 Å². The van der Waals surface area contributed by atoms with E-state index >= 15 is 0 Å². The second-order valence-electron chi connectivity index (χ2n) is 2.06. The molecule has 0 fully saturated rings. The fraction of sp³-hybridized carbons (Fsp3) is 0.125. The van der Waals surface area contributed by atoms with Crippen LogP contribution >= 0.6 is 0 Å². The van der Waals surface area contributed by atoms with E-state index in [4.69, 9.17) is 6.42 Å². The van der Waals surface area contributed by atoms with Crippen LogP contribution in [0.15, 0.2) is 18.3 Å². The van der Waals surface area contributed by atoms with Gasteiger partial charge in [-0.25, -0.2) is 0 Å². The summed E-state index contributed by atoms with van der Waals surface area (Å²) in [6, 6.07) is 3.44. The van der Waals surface area contributed by atoms with Gasteiger partial charge in [0.15, 0.2) is 6.20 Å². The van der Waals surface area contributed by atoms with Crippen molar-refractivity contribution >= 4 is 0 Å². The first-order valence-electron chi connectivity index (χ1n) is 2.90. The summed E-state index contributed by atoms with van der Waals surface area (Å²) in [6.07, 6.45) is 6.48. The Morgan fingerprint density at radius 1 is 1.60 bits per heavy atom. The molecule has 0 bridgehead atoms. The molecule has 1 rings (SSSR count). The minimum atomic E-state index is 0.352. The van der Waals surface area contributed by atoms with Gasteiger partial charge in [-0.1, -0.05) is 0 Å². The third-order valence-electron chi connectivity index (χ3n) is 1.21. The van der Waals surface area contributed by atoms with Crippen molar-refractivity contribution in [1.29, 1.82) is 0 Å². The summed E-state index contributed by atoms with van der Waals surface area (Å²) >= 11 is 0. The van der Waals surface area contributed by atoms with Crippen molar-refractivity contribution in [2.75, 3.05) is 0 Å². The minimum Gasteiger partial charge on any atom is -0.618 e. The van der Waals surface area contributed by atoms with Crippen molar-refractivity contribution in [1.82, 2.24) is 0 Å². The minimum absolute atomic E-state index is 0.352. The Morgan fingerprint density at radius 3 is 2.80 bits per heavy atom. The summed E-state index contributed by atoms with van der Waals surface area (Å²) in [6.45, 7) is 1.84. The van der Waals surface area contributed by atoms with Gasteiger partial charge in [0.05, 0.1) is 0 Å². The third-order valence-corrected chi connectivity index (χ3v) is 1.21.